The average Bonchev–Trinajstić information content (AvgIpc) is 3.64. The van der Waals surface area contributed by atoms with Gasteiger partial charge in [-0.25, -0.2) is 14.0 Å². The van der Waals surface area contributed by atoms with Crippen LogP contribution >= 0.6 is 8.53 Å². The molecule has 1 saturated heterocycles. The van der Waals surface area contributed by atoms with Gasteiger partial charge >= 0.3 is 11.7 Å². The van der Waals surface area contributed by atoms with Crippen molar-refractivity contribution in [2.75, 3.05) is 27.4 Å². The summed E-state index contributed by atoms with van der Waals surface area (Å²) < 4.78 is 48.3. The van der Waals surface area contributed by atoms with Crippen LogP contribution in [0.25, 0.3) is 0 Å². The summed E-state index contributed by atoms with van der Waals surface area (Å²) in [5.41, 5.74) is -0.619. The van der Waals surface area contributed by atoms with Crippen LogP contribution in [0.15, 0.2) is 94.6 Å². The van der Waals surface area contributed by atoms with E-state index >= 15 is 0 Å². The summed E-state index contributed by atoms with van der Waals surface area (Å²) in [6.07, 6.45) is -0.623. The third kappa shape index (κ3) is 11.0. The van der Waals surface area contributed by atoms with Gasteiger partial charge in [-0.05, 0) is 96.3 Å². The van der Waals surface area contributed by atoms with Crippen molar-refractivity contribution in [2.24, 2.45) is 5.41 Å². The van der Waals surface area contributed by atoms with E-state index in [-0.39, 0.29) is 43.7 Å². The second-order valence-corrected chi connectivity index (χ2v) is 17.8. The first-order valence-electron chi connectivity index (χ1n) is 20.4. The van der Waals surface area contributed by atoms with Crippen LogP contribution in [0.5, 0.6) is 11.5 Å². The Morgan fingerprint density at radius 2 is 1.46 bits per heavy atom. The van der Waals surface area contributed by atoms with Gasteiger partial charge in [0.2, 0.25) is 0 Å². The summed E-state index contributed by atoms with van der Waals surface area (Å²) in [6.45, 7) is 14.4. The van der Waals surface area contributed by atoms with Crippen molar-refractivity contribution in [1.29, 1.82) is 5.26 Å². The first kappa shape index (κ1) is 47.2. The van der Waals surface area contributed by atoms with Crippen molar-refractivity contribution in [3.8, 4) is 17.6 Å². The van der Waals surface area contributed by atoms with Crippen molar-refractivity contribution >= 4 is 14.5 Å². The van der Waals surface area contributed by atoms with Gasteiger partial charge in [-0.3, -0.25) is 14.2 Å². The highest BCUT2D eigenvalue weighted by atomic mass is 31.2. The monoisotopic (exact) mass is 858 g/mol. The Labute approximate surface area is 359 Å². The van der Waals surface area contributed by atoms with Gasteiger partial charge in [0, 0.05) is 30.3 Å². The van der Waals surface area contributed by atoms with E-state index in [2.05, 4.69) is 38.4 Å². The lowest BCUT2D eigenvalue weighted by Crippen LogP contribution is -2.43. The number of methoxy groups -OCH3 is 2. The summed E-state index contributed by atoms with van der Waals surface area (Å²) in [5.74, 6) is 0.793. The summed E-state index contributed by atoms with van der Waals surface area (Å²) in [6, 6.07) is 27.4. The largest absolute Gasteiger partial charge is 0.497 e. The molecule has 0 N–H and O–H groups in total. The minimum Gasteiger partial charge on any atom is -0.497 e. The van der Waals surface area contributed by atoms with Crippen molar-refractivity contribution in [1.82, 2.24) is 13.8 Å². The number of nitriles is 1. The van der Waals surface area contributed by atoms with Crippen molar-refractivity contribution in [3.63, 3.8) is 0 Å². The van der Waals surface area contributed by atoms with Crippen molar-refractivity contribution < 1.29 is 37.5 Å². The first-order chi connectivity index (χ1) is 29.0. The molecule has 0 aliphatic carbocycles. The van der Waals surface area contributed by atoms with E-state index in [0.717, 1.165) is 21.3 Å². The summed E-state index contributed by atoms with van der Waals surface area (Å²) >= 11 is 0. The molecule has 1 aliphatic heterocycles. The molecule has 2 heterocycles. The van der Waals surface area contributed by atoms with E-state index < -0.39 is 61.9 Å². The van der Waals surface area contributed by atoms with Gasteiger partial charge in [-0.15, -0.1) is 0 Å². The summed E-state index contributed by atoms with van der Waals surface area (Å²) in [5, 5.41) is 9.40. The molecule has 0 radical (unpaired) electrons. The number of aromatic nitrogens is 2. The van der Waals surface area contributed by atoms with E-state index in [1.54, 1.807) is 41.9 Å². The fraction of sp³-hybridized carbons (Fsp3) is 0.478. The maximum Gasteiger partial charge on any atom is 0.335 e. The van der Waals surface area contributed by atoms with Crippen LogP contribution in [0, 0.1) is 23.7 Å². The third-order valence-corrected chi connectivity index (χ3v) is 12.5. The van der Waals surface area contributed by atoms with Gasteiger partial charge in [-0.1, -0.05) is 54.6 Å². The normalized spacial score (nSPS) is 17.4. The number of hydrogen-bond donors (Lipinski definition) is 0. The molecule has 1 aromatic heterocycles. The Bertz CT molecular complexity index is 2160. The zero-order valence-electron chi connectivity index (χ0n) is 36.8. The molecule has 4 atom stereocenters. The topological polar surface area (TPSA) is 153 Å². The number of ether oxygens (including phenoxy) is 5. The quantitative estimate of drug-likeness (QED) is 0.0391. The molecule has 3 aromatic carbocycles. The van der Waals surface area contributed by atoms with Crippen LogP contribution in [0.2, 0.25) is 0 Å². The summed E-state index contributed by atoms with van der Waals surface area (Å²) in [7, 11) is 1.48. The fourth-order valence-corrected chi connectivity index (χ4v) is 9.00. The molecule has 15 heteroatoms. The van der Waals surface area contributed by atoms with Gasteiger partial charge in [0.15, 0.2) is 6.73 Å². The highest BCUT2D eigenvalue weighted by Crippen LogP contribution is 2.50. The third-order valence-electron chi connectivity index (χ3n) is 10.3. The highest BCUT2D eigenvalue weighted by Gasteiger charge is 2.45. The van der Waals surface area contributed by atoms with E-state index in [0.29, 0.717) is 11.5 Å². The number of hydrogen-bond acceptors (Lipinski definition) is 12. The molecule has 0 bridgehead atoms. The second kappa shape index (κ2) is 20.8. The lowest BCUT2D eigenvalue weighted by atomic mass is 9.80. The molecule has 1 fully saturated rings. The van der Waals surface area contributed by atoms with Gasteiger partial charge < -0.3 is 32.7 Å². The molecule has 1 unspecified atom stereocenters. The van der Waals surface area contributed by atoms with Gasteiger partial charge in [0.1, 0.15) is 29.4 Å². The number of esters is 1. The highest BCUT2D eigenvalue weighted by molar-refractivity contribution is 7.44. The molecule has 14 nitrogen and oxygen atoms in total. The minimum absolute atomic E-state index is 0.0153. The van der Waals surface area contributed by atoms with Crippen LogP contribution in [0.3, 0.4) is 0 Å². The van der Waals surface area contributed by atoms with Gasteiger partial charge in [0.25, 0.3) is 14.1 Å². The molecular weight excluding hydrogens is 799 g/mol. The lowest BCUT2D eigenvalue weighted by molar-refractivity contribution is -0.157. The van der Waals surface area contributed by atoms with Crippen LogP contribution < -0.4 is 20.7 Å². The molecule has 0 amide bonds. The summed E-state index contributed by atoms with van der Waals surface area (Å²) in [4.78, 5) is 40.2. The Morgan fingerprint density at radius 1 is 0.902 bits per heavy atom. The van der Waals surface area contributed by atoms with Crippen molar-refractivity contribution in [2.45, 2.75) is 111 Å². The maximum absolute atomic E-state index is 14.2. The predicted molar refractivity (Wildman–Crippen MR) is 232 cm³/mol. The number of rotatable bonds is 19. The standard InChI is InChI=1S/C46H59N4O10P/c1-31(2)50(32(3)4)61(58-26-14-25-47)60-39-27-41(48-28-33(5)42(51)49(44(48)53)30-56-43(52)45(6,7)8)59-40(39)29-57-46(34-15-12-11-13-16-34,35-17-21-37(54-9)22-18-35)36-19-23-38(55-10)24-20-36/h11-13,15-24,28,31-32,39-41H,14,26-27,29-30H2,1-10H3/t39-,40+,41+,61?/m0/s1. The Hall–Kier alpha value is -4.87. The predicted octanol–water partition coefficient (Wildman–Crippen LogP) is 7.84. The number of aryl methyl sites for hydroxylation is 1. The minimum atomic E-state index is -1.75. The molecule has 0 saturated carbocycles. The average molecular weight is 859 g/mol. The molecule has 328 valence electrons. The molecule has 4 aromatic rings. The maximum atomic E-state index is 14.2. The Balaban J connectivity index is 1.63. The lowest BCUT2D eigenvalue weighted by Gasteiger charge is -2.39. The molecule has 5 rings (SSSR count). The van der Waals surface area contributed by atoms with E-state index in [9.17, 15) is 19.6 Å². The number of carbonyl (C=O) groups is 1. The molecule has 61 heavy (non-hydrogen) atoms. The van der Waals surface area contributed by atoms with Crippen LogP contribution in [0.1, 0.15) is 89.8 Å². The molecule has 1 aliphatic rings. The van der Waals surface area contributed by atoms with Crippen LogP contribution in [0.4, 0.5) is 0 Å². The van der Waals surface area contributed by atoms with Gasteiger partial charge in [-0.2, -0.15) is 5.26 Å². The number of carbonyl (C=O) groups excluding carboxylic acids is 1. The van der Waals surface area contributed by atoms with Crippen LogP contribution in [-0.4, -0.2) is 71.5 Å². The Morgan fingerprint density at radius 3 is 1.97 bits per heavy atom. The fourth-order valence-electron chi connectivity index (χ4n) is 7.24. The van der Waals surface area contributed by atoms with Crippen molar-refractivity contribution in [3.05, 3.63) is 128 Å². The second-order valence-electron chi connectivity index (χ2n) is 16.4. The van der Waals surface area contributed by atoms with E-state index in [4.69, 9.17) is 32.7 Å². The number of benzene rings is 3. The Kier molecular flexibility index (Phi) is 16.1. The number of nitrogens with zero attached hydrogens (tertiary/aromatic N) is 4. The molecule has 0 spiro atoms. The first-order valence-corrected chi connectivity index (χ1v) is 21.6. The van der Waals surface area contributed by atoms with Gasteiger partial charge in [0.05, 0.1) is 51.4 Å². The zero-order chi connectivity index (χ0) is 44.5. The zero-order valence-corrected chi connectivity index (χ0v) is 37.7. The SMILES string of the molecule is COc1ccc(C(OC[C@H]2O[C@@H](n3cc(C)c(=O)n(COC(=O)C(C)(C)C)c3=O)C[C@@H]2OP(OCCC#N)N(C(C)C)C(C)C)(c2ccccc2)c2ccc(OC)cc2)cc1. The van der Waals surface area contributed by atoms with E-state index in [1.165, 1.54) is 10.8 Å². The van der Waals surface area contributed by atoms with E-state index in [1.807, 2.05) is 78.9 Å². The van der Waals surface area contributed by atoms with Crippen LogP contribution in [-0.2, 0) is 40.4 Å². The smallest absolute Gasteiger partial charge is 0.335 e. The molecular formula is C46H59N4O10P.